The molecule has 1 aliphatic rings. The van der Waals surface area contributed by atoms with E-state index in [0.29, 0.717) is 29.6 Å². The molecule has 0 radical (unpaired) electrons. The normalized spacial score (nSPS) is 14.5. The lowest BCUT2D eigenvalue weighted by Crippen LogP contribution is -2.07. The predicted octanol–water partition coefficient (Wildman–Crippen LogP) is 6.20. The van der Waals surface area contributed by atoms with Crippen LogP contribution in [0.2, 0.25) is 0 Å². The summed E-state index contributed by atoms with van der Waals surface area (Å²) in [5.41, 5.74) is 1.29. The lowest BCUT2D eigenvalue weighted by atomic mass is 9.89. The molecule has 0 bridgehead atoms. The Hall–Kier alpha value is -3.65. The number of hydrogen-bond acceptors (Lipinski definition) is 7. The summed E-state index contributed by atoms with van der Waals surface area (Å²) in [6, 6.07) is 21.1. The summed E-state index contributed by atoms with van der Waals surface area (Å²) in [5.74, 6) is 1.67. The topological polar surface area (TPSA) is 91.5 Å². The Morgan fingerprint density at radius 3 is 2.31 bits per heavy atom. The molecule has 1 aromatic heterocycles. The first-order valence-corrected chi connectivity index (χ1v) is 13.6. The first-order valence-electron chi connectivity index (χ1n) is 12.1. The molecule has 5 rings (SSSR count). The van der Waals surface area contributed by atoms with E-state index in [1.54, 1.807) is 36.4 Å². The number of hydrogen-bond donors (Lipinski definition) is 0. The highest BCUT2D eigenvalue weighted by Crippen LogP contribution is 2.40. The molecule has 0 amide bonds. The smallest absolute Gasteiger partial charge is 0.230 e. The van der Waals surface area contributed by atoms with Gasteiger partial charge in [-0.1, -0.05) is 73.0 Å². The van der Waals surface area contributed by atoms with Crippen LogP contribution in [0.25, 0.3) is 11.4 Å². The van der Waals surface area contributed by atoms with Gasteiger partial charge in [0.05, 0.1) is 16.9 Å². The standard InChI is InChI=1S/C28H28N2O5S/c1-33-24-18-26(36(31,32)22-15-9-4-10-16-22)23(17-25(24)34-19-20-11-5-2-6-12-20)27-29-28(35-30-27)21-13-7-3-8-14-21/h2,4-6,9-12,15-18,21H,3,7-8,13-14,19H2,1H3. The summed E-state index contributed by atoms with van der Waals surface area (Å²) < 4.78 is 44.7. The van der Waals surface area contributed by atoms with Crippen LogP contribution < -0.4 is 9.47 Å². The molecule has 0 spiro atoms. The van der Waals surface area contributed by atoms with Crippen molar-refractivity contribution < 1.29 is 22.4 Å². The van der Waals surface area contributed by atoms with E-state index in [9.17, 15) is 8.42 Å². The van der Waals surface area contributed by atoms with Crippen molar-refractivity contribution in [1.82, 2.24) is 10.1 Å². The zero-order chi connectivity index (χ0) is 25.0. The zero-order valence-corrected chi connectivity index (χ0v) is 20.9. The Morgan fingerprint density at radius 2 is 1.61 bits per heavy atom. The lowest BCUT2D eigenvalue weighted by molar-refractivity contribution is 0.284. The number of benzene rings is 3. The van der Waals surface area contributed by atoms with Crippen LogP contribution >= 0.6 is 0 Å². The molecule has 0 N–H and O–H groups in total. The second kappa shape index (κ2) is 10.5. The molecule has 1 saturated carbocycles. The van der Waals surface area contributed by atoms with Crippen molar-refractivity contribution in [3.8, 4) is 22.9 Å². The molecule has 1 fully saturated rings. The third kappa shape index (κ3) is 4.99. The van der Waals surface area contributed by atoms with Gasteiger partial charge in [0.25, 0.3) is 0 Å². The Bertz CT molecular complexity index is 1410. The SMILES string of the molecule is COc1cc(S(=O)(=O)c2ccccc2)c(-c2noc(C3CCCCC3)n2)cc1OCc1ccccc1. The Labute approximate surface area is 211 Å². The molecular formula is C28H28N2O5S. The van der Waals surface area contributed by atoms with Crippen LogP contribution in [-0.2, 0) is 16.4 Å². The molecule has 7 nitrogen and oxygen atoms in total. The van der Waals surface area contributed by atoms with Gasteiger partial charge in [0.1, 0.15) is 6.61 Å². The van der Waals surface area contributed by atoms with Gasteiger partial charge in [-0.25, -0.2) is 8.42 Å². The molecule has 8 heteroatoms. The fourth-order valence-corrected chi connectivity index (χ4v) is 6.00. The van der Waals surface area contributed by atoms with Gasteiger partial charge in [-0.3, -0.25) is 0 Å². The summed E-state index contributed by atoms with van der Waals surface area (Å²) >= 11 is 0. The van der Waals surface area contributed by atoms with Crippen molar-refractivity contribution >= 4 is 9.84 Å². The summed E-state index contributed by atoms with van der Waals surface area (Å²) in [7, 11) is -2.42. The second-order valence-corrected chi connectivity index (χ2v) is 10.8. The summed E-state index contributed by atoms with van der Waals surface area (Å²) in [4.78, 5) is 4.85. The molecule has 0 aliphatic heterocycles. The lowest BCUT2D eigenvalue weighted by Gasteiger charge is -2.17. The molecular weight excluding hydrogens is 476 g/mol. The third-order valence-electron chi connectivity index (χ3n) is 6.48. The molecule has 3 aromatic carbocycles. The van der Waals surface area contributed by atoms with E-state index < -0.39 is 9.84 Å². The van der Waals surface area contributed by atoms with E-state index in [-0.39, 0.29) is 21.5 Å². The highest BCUT2D eigenvalue weighted by Gasteiger charge is 2.29. The second-order valence-electron chi connectivity index (χ2n) is 8.88. The number of sulfone groups is 1. The van der Waals surface area contributed by atoms with Crippen LogP contribution in [0.5, 0.6) is 11.5 Å². The van der Waals surface area contributed by atoms with Crippen LogP contribution in [0.15, 0.2) is 87.1 Å². The van der Waals surface area contributed by atoms with Crippen LogP contribution in [0.3, 0.4) is 0 Å². The minimum absolute atomic E-state index is 0.0357. The fraction of sp³-hybridized carbons (Fsp3) is 0.286. The fourth-order valence-electron chi connectivity index (χ4n) is 4.53. The first-order chi connectivity index (χ1) is 17.6. The van der Waals surface area contributed by atoms with Gasteiger partial charge in [0, 0.05) is 17.5 Å². The van der Waals surface area contributed by atoms with E-state index in [0.717, 1.165) is 31.2 Å². The maximum Gasteiger partial charge on any atom is 0.230 e. The highest BCUT2D eigenvalue weighted by atomic mass is 32.2. The van der Waals surface area contributed by atoms with Gasteiger partial charge in [-0.05, 0) is 36.6 Å². The van der Waals surface area contributed by atoms with Gasteiger partial charge in [-0.15, -0.1) is 0 Å². The van der Waals surface area contributed by atoms with Gasteiger partial charge in [-0.2, -0.15) is 4.98 Å². The van der Waals surface area contributed by atoms with Gasteiger partial charge < -0.3 is 14.0 Å². The molecule has 0 unspecified atom stereocenters. The van der Waals surface area contributed by atoms with Crippen molar-refractivity contribution in [2.24, 2.45) is 0 Å². The van der Waals surface area contributed by atoms with E-state index in [1.165, 1.54) is 19.6 Å². The average molecular weight is 505 g/mol. The first kappa shape index (κ1) is 24.1. The summed E-state index contributed by atoms with van der Waals surface area (Å²) in [6.07, 6.45) is 5.43. The minimum atomic E-state index is -3.91. The molecule has 186 valence electrons. The molecule has 0 atom stereocenters. The van der Waals surface area contributed by atoms with Crippen molar-refractivity contribution in [2.45, 2.75) is 54.4 Å². The van der Waals surface area contributed by atoms with Crippen LogP contribution in [-0.4, -0.2) is 25.7 Å². The van der Waals surface area contributed by atoms with Crippen molar-refractivity contribution in [1.29, 1.82) is 0 Å². The molecule has 1 aliphatic carbocycles. The third-order valence-corrected chi connectivity index (χ3v) is 8.29. The number of methoxy groups -OCH3 is 1. The number of ether oxygens (including phenoxy) is 2. The maximum atomic E-state index is 13.7. The maximum absolute atomic E-state index is 13.7. The largest absolute Gasteiger partial charge is 0.493 e. The number of nitrogens with zero attached hydrogens (tertiary/aromatic N) is 2. The van der Waals surface area contributed by atoms with Crippen LogP contribution in [0, 0.1) is 0 Å². The van der Waals surface area contributed by atoms with Crippen LogP contribution in [0.4, 0.5) is 0 Å². The van der Waals surface area contributed by atoms with Crippen molar-refractivity contribution in [3.63, 3.8) is 0 Å². The average Bonchev–Trinajstić information content (AvgIpc) is 3.43. The number of aromatic nitrogens is 2. The van der Waals surface area contributed by atoms with Crippen molar-refractivity contribution in [2.75, 3.05) is 7.11 Å². The van der Waals surface area contributed by atoms with E-state index in [4.69, 9.17) is 14.0 Å². The van der Waals surface area contributed by atoms with Crippen LogP contribution in [0.1, 0.15) is 49.5 Å². The molecule has 36 heavy (non-hydrogen) atoms. The quantitative estimate of drug-likeness (QED) is 0.282. The van der Waals surface area contributed by atoms with Gasteiger partial charge >= 0.3 is 0 Å². The van der Waals surface area contributed by atoms with Gasteiger partial charge in [0.2, 0.25) is 21.6 Å². The van der Waals surface area contributed by atoms with Crippen molar-refractivity contribution in [3.05, 3.63) is 84.3 Å². The predicted molar refractivity (Wildman–Crippen MR) is 135 cm³/mol. The number of rotatable bonds is 8. The van der Waals surface area contributed by atoms with E-state index in [2.05, 4.69) is 10.1 Å². The van der Waals surface area contributed by atoms with Gasteiger partial charge in [0.15, 0.2) is 11.5 Å². The Kier molecular flexibility index (Phi) is 7.04. The zero-order valence-electron chi connectivity index (χ0n) is 20.1. The van der Waals surface area contributed by atoms with E-state index >= 15 is 0 Å². The minimum Gasteiger partial charge on any atom is -0.493 e. The van der Waals surface area contributed by atoms with E-state index in [1.807, 2.05) is 30.3 Å². The summed E-state index contributed by atoms with van der Waals surface area (Å²) in [6.45, 7) is 0.293. The monoisotopic (exact) mass is 504 g/mol. The molecule has 0 saturated heterocycles. The Morgan fingerprint density at radius 1 is 0.917 bits per heavy atom. The molecule has 1 heterocycles. The Balaban J connectivity index is 1.60. The molecule has 4 aromatic rings. The summed E-state index contributed by atoms with van der Waals surface area (Å²) in [5, 5.41) is 4.20. The highest BCUT2D eigenvalue weighted by molar-refractivity contribution is 7.91.